The number of amides is 1. The van der Waals surface area contributed by atoms with Gasteiger partial charge in [-0.05, 0) is 36.2 Å². The molecule has 0 radical (unpaired) electrons. The van der Waals surface area contributed by atoms with Gasteiger partial charge in [-0.3, -0.25) is 4.72 Å². The molecule has 0 aliphatic carbocycles. The molecule has 64 valence electrons. The van der Waals surface area contributed by atoms with Crippen LogP contribution in [0.15, 0.2) is 29.2 Å². The molecule has 2 N–H and O–H groups in total. The zero-order valence-electron chi connectivity index (χ0n) is 5.95. The molecule has 1 aromatic carbocycles. The summed E-state index contributed by atoms with van der Waals surface area (Å²) in [5, 5.41) is 8.22. The van der Waals surface area contributed by atoms with Crippen LogP contribution in [0.25, 0.3) is 0 Å². The molecular formula is C7H6FNO2S. The highest BCUT2D eigenvalue weighted by atomic mass is 32.2. The minimum absolute atomic E-state index is 0.338. The number of benzene rings is 1. The molecule has 0 heterocycles. The summed E-state index contributed by atoms with van der Waals surface area (Å²) in [6.45, 7) is 0. The third-order valence-electron chi connectivity index (χ3n) is 1.07. The van der Waals surface area contributed by atoms with Crippen LogP contribution in [0.5, 0.6) is 0 Å². The van der Waals surface area contributed by atoms with E-state index in [1.54, 1.807) is 0 Å². The maximum atomic E-state index is 12.3. The highest BCUT2D eigenvalue weighted by Crippen LogP contribution is 2.13. The second-order valence-electron chi connectivity index (χ2n) is 1.96. The number of hydrogen-bond acceptors (Lipinski definition) is 2. The molecular weight excluding hydrogens is 181 g/mol. The molecule has 0 saturated heterocycles. The van der Waals surface area contributed by atoms with Gasteiger partial charge in [0.15, 0.2) is 0 Å². The lowest BCUT2D eigenvalue weighted by Gasteiger charge is -1.98. The lowest BCUT2D eigenvalue weighted by atomic mass is 10.4. The first kappa shape index (κ1) is 8.86. The first-order valence-corrected chi connectivity index (χ1v) is 3.91. The van der Waals surface area contributed by atoms with E-state index < -0.39 is 6.09 Å². The molecule has 1 aromatic rings. The predicted octanol–water partition coefficient (Wildman–Crippen LogP) is 2.10. The Bertz CT molecular complexity index is 275. The van der Waals surface area contributed by atoms with Gasteiger partial charge in [0.2, 0.25) is 0 Å². The Hall–Kier alpha value is -1.23. The summed E-state index contributed by atoms with van der Waals surface area (Å²) in [4.78, 5) is 10.7. The van der Waals surface area contributed by atoms with Crippen LogP contribution >= 0.6 is 11.9 Å². The average molecular weight is 187 g/mol. The fraction of sp³-hybridized carbons (Fsp3) is 0. The topological polar surface area (TPSA) is 49.3 Å². The maximum Gasteiger partial charge on any atom is 0.415 e. The third-order valence-corrected chi connectivity index (χ3v) is 1.85. The molecule has 1 amide bonds. The van der Waals surface area contributed by atoms with E-state index in [-0.39, 0.29) is 5.82 Å². The second-order valence-corrected chi connectivity index (χ2v) is 2.84. The van der Waals surface area contributed by atoms with Gasteiger partial charge in [0, 0.05) is 4.90 Å². The lowest BCUT2D eigenvalue weighted by Crippen LogP contribution is -2.10. The molecule has 1 rings (SSSR count). The molecule has 12 heavy (non-hydrogen) atoms. The van der Waals surface area contributed by atoms with Gasteiger partial charge in [-0.1, -0.05) is 0 Å². The van der Waals surface area contributed by atoms with E-state index >= 15 is 0 Å². The highest BCUT2D eigenvalue weighted by molar-refractivity contribution is 7.98. The van der Waals surface area contributed by atoms with Crippen molar-refractivity contribution >= 4 is 18.0 Å². The minimum Gasteiger partial charge on any atom is -0.464 e. The predicted molar refractivity (Wildman–Crippen MR) is 43.4 cm³/mol. The van der Waals surface area contributed by atoms with Crippen molar-refractivity contribution < 1.29 is 14.3 Å². The summed E-state index contributed by atoms with van der Waals surface area (Å²) in [6, 6.07) is 5.53. The Kier molecular flexibility index (Phi) is 2.93. The van der Waals surface area contributed by atoms with Gasteiger partial charge in [0.05, 0.1) is 0 Å². The summed E-state index contributed by atoms with van der Waals surface area (Å²) in [7, 11) is 0. The van der Waals surface area contributed by atoms with E-state index in [1.807, 2.05) is 0 Å². The number of hydrogen-bond donors (Lipinski definition) is 2. The van der Waals surface area contributed by atoms with Crippen LogP contribution in [0, 0.1) is 5.82 Å². The number of halogens is 1. The number of carboxylic acid groups (broad SMARTS) is 1. The van der Waals surface area contributed by atoms with Gasteiger partial charge >= 0.3 is 6.09 Å². The quantitative estimate of drug-likeness (QED) is 0.697. The van der Waals surface area contributed by atoms with Gasteiger partial charge in [0.25, 0.3) is 0 Å². The van der Waals surface area contributed by atoms with Gasteiger partial charge < -0.3 is 5.11 Å². The fourth-order valence-electron chi connectivity index (χ4n) is 0.605. The first-order valence-electron chi connectivity index (χ1n) is 3.10. The Labute approximate surface area is 72.7 Å². The molecule has 0 aromatic heterocycles. The maximum absolute atomic E-state index is 12.3. The first-order chi connectivity index (χ1) is 5.68. The van der Waals surface area contributed by atoms with Crippen molar-refractivity contribution in [3.8, 4) is 0 Å². The molecule has 0 aliphatic rings. The molecule has 0 fully saturated rings. The minimum atomic E-state index is -1.12. The summed E-state index contributed by atoms with van der Waals surface area (Å²) in [5.41, 5.74) is 0. The molecule has 0 bridgehead atoms. The summed E-state index contributed by atoms with van der Waals surface area (Å²) >= 11 is 0.921. The zero-order chi connectivity index (χ0) is 8.97. The Morgan fingerprint density at radius 3 is 2.50 bits per heavy atom. The Morgan fingerprint density at radius 1 is 1.42 bits per heavy atom. The molecule has 0 spiro atoms. The van der Waals surface area contributed by atoms with Crippen molar-refractivity contribution in [2.24, 2.45) is 0 Å². The van der Waals surface area contributed by atoms with Gasteiger partial charge in [0.1, 0.15) is 5.82 Å². The van der Waals surface area contributed by atoms with Gasteiger partial charge in [-0.25, -0.2) is 9.18 Å². The summed E-state index contributed by atoms with van der Waals surface area (Å²) < 4.78 is 14.4. The summed E-state index contributed by atoms with van der Waals surface area (Å²) in [6.07, 6.45) is -1.12. The van der Waals surface area contributed by atoms with Crippen molar-refractivity contribution in [2.45, 2.75) is 4.90 Å². The molecule has 3 nitrogen and oxygen atoms in total. The van der Waals surface area contributed by atoms with Gasteiger partial charge in [-0.15, -0.1) is 0 Å². The Balaban J connectivity index is 2.53. The molecule has 0 saturated carbocycles. The third kappa shape index (κ3) is 2.79. The van der Waals surface area contributed by atoms with Crippen molar-refractivity contribution in [3.63, 3.8) is 0 Å². The molecule has 0 unspecified atom stereocenters. The normalized spacial score (nSPS) is 9.42. The van der Waals surface area contributed by atoms with E-state index in [9.17, 15) is 9.18 Å². The van der Waals surface area contributed by atoms with E-state index in [2.05, 4.69) is 4.72 Å². The van der Waals surface area contributed by atoms with Gasteiger partial charge in [-0.2, -0.15) is 0 Å². The van der Waals surface area contributed by atoms with Crippen LogP contribution in [-0.4, -0.2) is 11.2 Å². The second kappa shape index (κ2) is 3.96. The Morgan fingerprint density at radius 2 is 2.00 bits per heavy atom. The number of carbonyl (C=O) groups is 1. The van der Waals surface area contributed by atoms with Crippen molar-refractivity contribution in [1.29, 1.82) is 0 Å². The summed E-state index contributed by atoms with van der Waals surface area (Å²) in [5.74, 6) is -0.338. The smallest absolute Gasteiger partial charge is 0.415 e. The van der Waals surface area contributed by atoms with Crippen molar-refractivity contribution in [1.82, 2.24) is 4.72 Å². The van der Waals surface area contributed by atoms with Crippen LogP contribution in [0.2, 0.25) is 0 Å². The van der Waals surface area contributed by atoms with Crippen molar-refractivity contribution in [2.75, 3.05) is 0 Å². The molecule has 0 aliphatic heterocycles. The standard InChI is InChI=1S/C7H6FNO2S/c8-5-1-3-6(4-2-5)12-9-7(10)11/h1-4,9H,(H,10,11). The zero-order valence-corrected chi connectivity index (χ0v) is 6.77. The van der Waals surface area contributed by atoms with Crippen LogP contribution in [-0.2, 0) is 0 Å². The van der Waals surface area contributed by atoms with Crippen LogP contribution in [0.3, 0.4) is 0 Å². The average Bonchev–Trinajstić information content (AvgIpc) is 2.03. The molecule has 0 atom stereocenters. The van der Waals surface area contributed by atoms with E-state index in [0.29, 0.717) is 4.90 Å². The van der Waals surface area contributed by atoms with E-state index in [4.69, 9.17) is 5.11 Å². The SMILES string of the molecule is O=C(O)NSc1ccc(F)cc1. The van der Waals surface area contributed by atoms with Crippen LogP contribution in [0.1, 0.15) is 0 Å². The number of nitrogens with one attached hydrogen (secondary N) is 1. The van der Waals surface area contributed by atoms with Crippen molar-refractivity contribution in [3.05, 3.63) is 30.1 Å². The lowest BCUT2D eigenvalue weighted by molar-refractivity contribution is 0.202. The van der Waals surface area contributed by atoms with Crippen LogP contribution in [0.4, 0.5) is 9.18 Å². The van der Waals surface area contributed by atoms with Crippen LogP contribution < -0.4 is 4.72 Å². The van der Waals surface area contributed by atoms with E-state index in [0.717, 1.165) is 11.9 Å². The highest BCUT2D eigenvalue weighted by Gasteiger charge is 1.97. The fourth-order valence-corrected chi connectivity index (χ4v) is 1.08. The largest absolute Gasteiger partial charge is 0.464 e. The number of rotatable bonds is 2. The monoisotopic (exact) mass is 187 g/mol. The molecule has 5 heteroatoms. The van der Waals surface area contributed by atoms with E-state index in [1.165, 1.54) is 24.3 Å².